The largest absolute Gasteiger partial charge is 0.481 e. The van der Waals surface area contributed by atoms with Crippen LogP contribution in [0.25, 0.3) is 0 Å². The van der Waals surface area contributed by atoms with E-state index >= 15 is 0 Å². The van der Waals surface area contributed by atoms with Crippen molar-refractivity contribution in [3.05, 3.63) is 12.2 Å². The molecule has 0 radical (unpaired) electrons. The number of rotatable bonds is 6. The molecule has 0 aromatic rings. The van der Waals surface area contributed by atoms with Crippen LogP contribution in [0.2, 0.25) is 0 Å². The second kappa shape index (κ2) is 5.10. The van der Waals surface area contributed by atoms with Gasteiger partial charge in [-0.15, -0.1) is 0 Å². The Hall–Kier alpha value is -1.40. The molecule has 21 heavy (non-hydrogen) atoms. The number of carboxylic acids is 1. The molecular weight excluding hydrogens is 274 g/mol. The lowest BCUT2D eigenvalue weighted by atomic mass is 9.77. The highest BCUT2D eigenvalue weighted by atomic mass is 16.5. The Bertz CT molecular complexity index is 488. The average molecular weight is 295 g/mol. The number of hydrogen-bond acceptors (Lipinski definition) is 4. The monoisotopic (exact) mass is 295 g/mol. The molecule has 2 fully saturated rings. The normalized spacial score (nSPS) is 36.8. The second-order valence-electron chi connectivity index (χ2n) is 6.27. The molecule has 1 spiro atoms. The number of fused-ring (bicyclic) bond motifs is 1. The topological polar surface area (TPSA) is 76.1 Å². The number of aliphatic carboxylic acids is 1. The molecule has 3 aliphatic heterocycles. The number of carbonyl (C=O) groups excluding carboxylic acids is 1. The Morgan fingerprint density at radius 1 is 1.62 bits per heavy atom. The van der Waals surface area contributed by atoms with Crippen molar-refractivity contribution in [3.63, 3.8) is 0 Å². The van der Waals surface area contributed by atoms with Crippen LogP contribution < -0.4 is 0 Å². The van der Waals surface area contributed by atoms with Crippen molar-refractivity contribution in [3.8, 4) is 0 Å². The molecule has 2 saturated heterocycles. The number of amides is 1. The third-order valence-corrected chi connectivity index (χ3v) is 4.49. The molecule has 0 aliphatic carbocycles. The van der Waals surface area contributed by atoms with Crippen LogP contribution in [0, 0.1) is 11.8 Å². The fraction of sp³-hybridized carbons (Fsp3) is 0.733. The summed E-state index contributed by atoms with van der Waals surface area (Å²) in [6.45, 7) is 5.58. The van der Waals surface area contributed by atoms with Crippen LogP contribution in [0.4, 0.5) is 0 Å². The molecule has 1 N–H and O–H groups in total. The average Bonchev–Trinajstić information content (AvgIpc) is 3.03. The smallest absolute Gasteiger partial charge is 0.310 e. The molecule has 1 amide bonds. The zero-order valence-corrected chi connectivity index (χ0v) is 12.3. The number of hydrogen-bond donors (Lipinski definition) is 1. The third-order valence-electron chi connectivity index (χ3n) is 4.49. The van der Waals surface area contributed by atoms with E-state index in [0.717, 1.165) is 6.42 Å². The number of nitrogens with zero attached hydrogens (tertiary/aromatic N) is 1. The van der Waals surface area contributed by atoms with Gasteiger partial charge in [0.05, 0.1) is 24.7 Å². The van der Waals surface area contributed by atoms with E-state index in [1.807, 2.05) is 19.9 Å². The molecule has 0 unspecified atom stereocenters. The van der Waals surface area contributed by atoms with Crippen LogP contribution in [-0.4, -0.2) is 59.4 Å². The highest BCUT2D eigenvalue weighted by Crippen LogP contribution is 2.51. The quantitative estimate of drug-likeness (QED) is 0.576. The van der Waals surface area contributed by atoms with Gasteiger partial charge in [-0.1, -0.05) is 12.2 Å². The van der Waals surface area contributed by atoms with Crippen LogP contribution >= 0.6 is 0 Å². The van der Waals surface area contributed by atoms with Crippen molar-refractivity contribution in [1.82, 2.24) is 4.90 Å². The van der Waals surface area contributed by atoms with E-state index in [1.54, 1.807) is 11.0 Å². The highest BCUT2D eigenvalue weighted by molar-refractivity contribution is 5.90. The molecule has 3 aliphatic rings. The summed E-state index contributed by atoms with van der Waals surface area (Å²) in [6.07, 6.45) is 4.13. The SMILES string of the molecule is CC(C)OCCCN1C[C@@]23C=C[C@@H](O2)[C@@H](C(=O)O)[C@@H]3C1=O. The molecule has 116 valence electrons. The van der Waals surface area contributed by atoms with Crippen molar-refractivity contribution in [1.29, 1.82) is 0 Å². The van der Waals surface area contributed by atoms with Crippen molar-refractivity contribution in [2.24, 2.45) is 11.8 Å². The maximum Gasteiger partial charge on any atom is 0.310 e. The van der Waals surface area contributed by atoms with Crippen molar-refractivity contribution < 1.29 is 24.2 Å². The van der Waals surface area contributed by atoms with Gasteiger partial charge in [0.2, 0.25) is 5.91 Å². The molecule has 0 aromatic carbocycles. The zero-order valence-electron chi connectivity index (χ0n) is 12.3. The van der Waals surface area contributed by atoms with Gasteiger partial charge in [-0.2, -0.15) is 0 Å². The molecule has 0 aromatic heterocycles. The lowest BCUT2D eigenvalue weighted by Gasteiger charge is -2.21. The predicted octanol–water partition coefficient (Wildman–Crippen LogP) is 0.668. The summed E-state index contributed by atoms with van der Waals surface area (Å²) >= 11 is 0. The van der Waals surface area contributed by atoms with Crippen molar-refractivity contribution >= 4 is 11.9 Å². The van der Waals surface area contributed by atoms with E-state index in [-0.39, 0.29) is 12.0 Å². The van der Waals surface area contributed by atoms with Gasteiger partial charge in [-0.05, 0) is 20.3 Å². The predicted molar refractivity (Wildman–Crippen MR) is 73.6 cm³/mol. The number of ether oxygens (including phenoxy) is 2. The molecular formula is C15H21NO5. The Balaban J connectivity index is 1.65. The zero-order chi connectivity index (χ0) is 15.2. The van der Waals surface area contributed by atoms with E-state index in [0.29, 0.717) is 19.7 Å². The summed E-state index contributed by atoms with van der Waals surface area (Å²) in [4.78, 5) is 25.7. The van der Waals surface area contributed by atoms with Crippen molar-refractivity contribution in [2.75, 3.05) is 19.7 Å². The summed E-state index contributed by atoms with van der Waals surface area (Å²) in [7, 11) is 0. The van der Waals surface area contributed by atoms with E-state index < -0.39 is 29.5 Å². The molecule has 3 rings (SSSR count). The second-order valence-corrected chi connectivity index (χ2v) is 6.27. The molecule has 2 bridgehead atoms. The van der Waals surface area contributed by atoms with E-state index in [2.05, 4.69) is 0 Å². The number of carbonyl (C=O) groups is 2. The standard InChI is InChI=1S/C15H21NO5/c1-9(2)20-7-3-6-16-8-15-5-4-10(21-15)11(14(18)19)12(15)13(16)17/h4-5,9-12H,3,6-8H2,1-2H3,(H,18,19)/t10-,11-,12-,15-/m1/s1. The highest BCUT2D eigenvalue weighted by Gasteiger charge is 2.66. The fourth-order valence-electron chi connectivity index (χ4n) is 3.62. The molecule has 0 saturated carbocycles. The molecule has 6 heteroatoms. The Morgan fingerprint density at radius 2 is 2.38 bits per heavy atom. The molecule has 3 heterocycles. The van der Waals surface area contributed by atoms with Gasteiger partial charge in [-0.3, -0.25) is 9.59 Å². The minimum Gasteiger partial charge on any atom is -0.481 e. The minimum atomic E-state index is -0.949. The van der Waals surface area contributed by atoms with Crippen LogP contribution in [0.15, 0.2) is 12.2 Å². The van der Waals surface area contributed by atoms with Crippen molar-refractivity contribution in [2.45, 2.75) is 38.1 Å². The van der Waals surface area contributed by atoms with Gasteiger partial charge >= 0.3 is 5.97 Å². The van der Waals surface area contributed by atoms with Gasteiger partial charge in [0.25, 0.3) is 0 Å². The first-order chi connectivity index (χ1) is 9.94. The summed E-state index contributed by atoms with van der Waals surface area (Å²) in [5.74, 6) is -2.37. The van der Waals surface area contributed by atoms with E-state index in [1.165, 1.54) is 0 Å². The van der Waals surface area contributed by atoms with Gasteiger partial charge in [0.15, 0.2) is 0 Å². The minimum absolute atomic E-state index is 0.0983. The maximum absolute atomic E-state index is 12.5. The van der Waals surface area contributed by atoms with Gasteiger partial charge in [-0.25, -0.2) is 0 Å². The van der Waals surface area contributed by atoms with Crippen LogP contribution in [0.1, 0.15) is 20.3 Å². The van der Waals surface area contributed by atoms with E-state index in [9.17, 15) is 14.7 Å². The lowest BCUT2D eigenvalue weighted by molar-refractivity contribution is -0.148. The van der Waals surface area contributed by atoms with Crippen LogP contribution in [-0.2, 0) is 19.1 Å². The number of carboxylic acid groups (broad SMARTS) is 1. The summed E-state index contributed by atoms with van der Waals surface area (Å²) < 4.78 is 11.3. The van der Waals surface area contributed by atoms with Gasteiger partial charge in [0.1, 0.15) is 11.5 Å². The van der Waals surface area contributed by atoms with Crippen LogP contribution in [0.3, 0.4) is 0 Å². The summed E-state index contributed by atoms with van der Waals surface area (Å²) in [6, 6.07) is 0. The molecule has 4 atom stereocenters. The first kappa shape index (κ1) is 14.5. The van der Waals surface area contributed by atoms with Gasteiger partial charge < -0.3 is 19.5 Å². The number of likely N-dealkylation sites (tertiary alicyclic amines) is 1. The Kier molecular flexibility index (Phi) is 3.53. The summed E-state index contributed by atoms with van der Waals surface area (Å²) in [5, 5.41) is 9.35. The first-order valence-corrected chi connectivity index (χ1v) is 7.45. The lowest BCUT2D eigenvalue weighted by Crippen LogP contribution is -2.39. The Morgan fingerprint density at radius 3 is 3.05 bits per heavy atom. The van der Waals surface area contributed by atoms with Gasteiger partial charge in [0, 0.05) is 13.2 Å². The molecule has 6 nitrogen and oxygen atoms in total. The third kappa shape index (κ3) is 2.26. The van der Waals surface area contributed by atoms with E-state index in [4.69, 9.17) is 9.47 Å². The van der Waals surface area contributed by atoms with Crippen LogP contribution in [0.5, 0.6) is 0 Å². The maximum atomic E-state index is 12.5. The fourth-order valence-corrected chi connectivity index (χ4v) is 3.62. The first-order valence-electron chi connectivity index (χ1n) is 7.45. The summed E-state index contributed by atoms with van der Waals surface area (Å²) in [5.41, 5.74) is -0.719. The Labute approximate surface area is 123 Å².